The van der Waals surface area contributed by atoms with E-state index in [0.717, 1.165) is 0 Å². The molecule has 0 bridgehead atoms. The topological polar surface area (TPSA) is 45.2 Å². The van der Waals surface area contributed by atoms with Gasteiger partial charge in [-0.15, -0.1) is 6.42 Å². The summed E-state index contributed by atoms with van der Waals surface area (Å²) in [6, 6.07) is 2.97. The number of nitrogens with one attached hydrogen (secondary N) is 1. The minimum atomic E-state index is -4.21. The summed E-state index contributed by atoms with van der Waals surface area (Å²) in [5.74, 6) is 2.25. The van der Waals surface area contributed by atoms with Gasteiger partial charge < -0.3 is 10.2 Å². The zero-order valence-corrected chi connectivity index (χ0v) is 10.9. The molecular weight excluding hydrogens is 271 g/mol. The Hall–Kier alpha value is -2.23. The van der Waals surface area contributed by atoms with Gasteiger partial charge in [-0.05, 0) is 12.1 Å². The fourth-order valence-electron chi connectivity index (χ4n) is 1.39. The number of carbonyl (C=O) groups is 1. The number of alkyl halides is 3. The number of halogens is 3. The van der Waals surface area contributed by atoms with Crippen LogP contribution in [0.25, 0.3) is 0 Å². The van der Waals surface area contributed by atoms with E-state index in [9.17, 15) is 18.0 Å². The molecule has 4 nitrogen and oxygen atoms in total. The van der Waals surface area contributed by atoms with E-state index < -0.39 is 12.6 Å². The van der Waals surface area contributed by atoms with E-state index in [1.807, 2.05) is 0 Å². The summed E-state index contributed by atoms with van der Waals surface area (Å²) in [6.07, 6.45) is 1.18. The molecule has 0 fully saturated rings. The first-order valence-corrected chi connectivity index (χ1v) is 5.79. The molecule has 1 heterocycles. The van der Waals surface area contributed by atoms with Gasteiger partial charge in [-0.3, -0.25) is 4.79 Å². The van der Waals surface area contributed by atoms with Crippen molar-refractivity contribution in [3.8, 4) is 12.3 Å². The normalized spacial score (nSPS) is 10.8. The number of amides is 1. The van der Waals surface area contributed by atoms with Crippen molar-refractivity contribution in [2.24, 2.45) is 0 Å². The summed E-state index contributed by atoms with van der Waals surface area (Å²) >= 11 is 0. The minimum absolute atomic E-state index is 0.103. The summed E-state index contributed by atoms with van der Waals surface area (Å²) in [7, 11) is 1.51. The van der Waals surface area contributed by atoms with Crippen molar-refractivity contribution in [2.75, 3.05) is 25.0 Å². The highest BCUT2D eigenvalue weighted by Crippen LogP contribution is 2.20. The Balaban J connectivity index is 2.62. The summed E-state index contributed by atoms with van der Waals surface area (Å²) in [5, 5.41) is 2.46. The molecule has 1 aromatic heterocycles. The third kappa shape index (κ3) is 5.18. The van der Waals surface area contributed by atoms with Crippen molar-refractivity contribution in [2.45, 2.75) is 12.6 Å². The maximum absolute atomic E-state index is 12.1. The van der Waals surface area contributed by atoms with E-state index >= 15 is 0 Å². The van der Waals surface area contributed by atoms with Gasteiger partial charge in [0.2, 0.25) is 0 Å². The monoisotopic (exact) mass is 285 g/mol. The predicted octanol–water partition coefficient (Wildman–Crippen LogP) is 1.83. The molecule has 0 radical (unpaired) electrons. The highest BCUT2D eigenvalue weighted by Gasteiger charge is 2.27. The number of aromatic nitrogens is 1. The van der Waals surface area contributed by atoms with E-state index in [0.29, 0.717) is 11.4 Å². The van der Waals surface area contributed by atoms with Crippen LogP contribution >= 0.6 is 0 Å². The van der Waals surface area contributed by atoms with Crippen LogP contribution in [-0.4, -0.2) is 37.2 Å². The zero-order valence-electron chi connectivity index (χ0n) is 10.9. The Morgan fingerprint density at radius 3 is 2.70 bits per heavy atom. The molecule has 1 amide bonds. The maximum Gasteiger partial charge on any atom is 0.390 e. The standard InChI is InChI=1S/C13H14F3N3O/c1-3-7-17-12(20)10-4-5-11(18-9-10)19(2)8-6-13(14,15)16/h1,4-5,9H,6-8H2,2H3,(H,17,20). The van der Waals surface area contributed by atoms with Crippen molar-refractivity contribution in [3.05, 3.63) is 23.9 Å². The Kier molecular flexibility index (Phi) is 5.38. The molecule has 0 saturated carbocycles. The molecule has 1 N–H and O–H groups in total. The van der Waals surface area contributed by atoms with Crippen LogP contribution in [0, 0.1) is 12.3 Å². The number of terminal acetylenes is 1. The molecule has 0 unspecified atom stereocenters. The predicted molar refractivity (Wildman–Crippen MR) is 69.3 cm³/mol. The molecule has 20 heavy (non-hydrogen) atoms. The van der Waals surface area contributed by atoms with Crippen LogP contribution in [0.1, 0.15) is 16.8 Å². The molecule has 7 heteroatoms. The highest BCUT2D eigenvalue weighted by molar-refractivity contribution is 5.94. The number of carbonyl (C=O) groups excluding carboxylic acids is 1. The van der Waals surface area contributed by atoms with Crippen molar-refractivity contribution in [3.63, 3.8) is 0 Å². The van der Waals surface area contributed by atoms with Gasteiger partial charge in [0.25, 0.3) is 5.91 Å². The molecule has 0 aromatic carbocycles. The molecule has 0 aliphatic heterocycles. The Labute approximate surface area is 115 Å². The average Bonchev–Trinajstić information content (AvgIpc) is 2.41. The second-order valence-electron chi connectivity index (χ2n) is 4.08. The fraction of sp³-hybridized carbons (Fsp3) is 0.385. The van der Waals surface area contributed by atoms with Crippen molar-refractivity contribution in [1.82, 2.24) is 10.3 Å². The van der Waals surface area contributed by atoms with Gasteiger partial charge in [0.05, 0.1) is 18.5 Å². The lowest BCUT2D eigenvalue weighted by Crippen LogP contribution is -2.26. The smallest absolute Gasteiger partial charge is 0.359 e. The van der Waals surface area contributed by atoms with Crippen LogP contribution in [0.4, 0.5) is 19.0 Å². The summed E-state index contributed by atoms with van der Waals surface area (Å²) in [5.41, 5.74) is 0.299. The van der Waals surface area contributed by atoms with Crippen LogP contribution in [-0.2, 0) is 0 Å². The largest absolute Gasteiger partial charge is 0.390 e. The van der Waals surface area contributed by atoms with E-state index in [1.165, 1.54) is 30.3 Å². The Morgan fingerprint density at radius 2 is 2.20 bits per heavy atom. The minimum Gasteiger partial charge on any atom is -0.359 e. The average molecular weight is 285 g/mol. The third-order valence-electron chi connectivity index (χ3n) is 2.48. The van der Waals surface area contributed by atoms with Gasteiger partial charge in [-0.1, -0.05) is 5.92 Å². The molecular formula is C13H14F3N3O. The lowest BCUT2D eigenvalue weighted by atomic mass is 10.2. The Morgan fingerprint density at radius 1 is 1.50 bits per heavy atom. The molecule has 1 rings (SSSR count). The lowest BCUT2D eigenvalue weighted by molar-refractivity contribution is -0.132. The van der Waals surface area contributed by atoms with Gasteiger partial charge in [-0.2, -0.15) is 13.2 Å². The number of pyridine rings is 1. The van der Waals surface area contributed by atoms with Gasteiger partial charge in [-0.25, -0.2) is 4.98 Å². The van der Waals surface area contributed by atoms with Crippen molar-refractivity contribution < 1.29 is 18.0 Å². The molecule has 0 atom stereocenters. The number of rotatable bonds is 5. The first kappa shape index (κ1) is 15.8. The molecule has 1 aromatic rings. The molecule has 0 aliphatic carbocycles. The van der Waals surface area contributed by atoms with E-state index in [4.69, 9.17) is 6.42 Å². The number of anilines is 1. The van der Waals surface area contributed by atoms with Crippen LogP contribution in [0.3, 0.4) is 0 Å². The zero-order chi connectivity index (χ0) is 15.2. The van der Waals surface area contributed by atoms with Gasteiger partial charge in [0, 0.05) is 19.8 Å². The maximum atomic E-state index is 12.1. The van der Waals surface area contributed by atoms with Gasteiger partial charge in [0.15, 0.2) is 0 Å². The fourth-order valence-corrected chi connectivity index (χ4v) is 1.39. The first-order chi connectivity index (χ1) is 9.33. The Bertz CT molecular complexity index is 491. The summed E-state index contributed by atoms with van der Waals surface area (Å²) < 4.78 is 36.3. The van der Waals surface area contributed by atoms with E-state index in [1.54, 1.807) is 0 Å². The molecule has 0 aliphatic rings. The first-order valence-electron chi connectivity index (χ1n) is 5.79. The van der Waals surface area contributed by atoms with Crippen LogP contribution in [0.5, 0.6) is 0 Å². The lowest BCUT2D eigenvalue weighted by Gasteiger charge is -2.19. The van der Waals surface area contributed by atoms with Crippen LogP contribution in [0.2, 0.25) is 0 Å². The molecule has 108 valence electrons. The molecule has 0 saturated heterocycles. The summed E-state index contributed by atoms with van der Waals surface area (Å²) in [6.45, 7) is -0.0921. The SMILES string of the molecule is C#CCNC(=O)c1ccc(N(C)CCC(F)(F)F)nc1. The second-order valence-corrected chi connectivity index (χ2v) is 4.08. The van der Waals surface area contributed by atoms with Gasteiger partial charge in [0.1, 0.15) is 5.82 Å². The van der Waals surface area contributed by atoms with Crippen molar-refractivity contribution >= 4 is 11.7 Å². The van der Waals surface area contributed by atoms with Crippen molar-refractivity contribution in [1.29, 1.82) is 0 Å². The number of hydrogen-bond donors (Lipinski definition) is 1. The third-order valence-corrected chi connectivity index (χ3v) is 2.48. The van der Waals surface area contributed by atoms with E-state index in [-0.39, 0.29) is 19.0 Å². The molecule has 0 spiro atoms. The summed E-state index contributed by atoms with van der Waals surface area (Å²) in [4.78, 5) is 16.9. The van der Waals surface area contributed by atoms with Crippen LogP contribution in [0.15, 0.2) is 18.3 Å². The quantitative estimate of drug-likeness (QED) is 0.840. The van der Waals surface area contributed by atoms with Crippen LogP contribution < -0.4 is 10.2 Å². The van der Waals surface area contributed by atoms with E-state index in [2.05, 4.69) is 16.2 Å². The highest BCUT2D eigenvalue weighted by atomic mass is 19.4. The van der Waals surface area contributed by atoms with Gasteiger partial charge >= 0.3 is 6.18 Å². The second kappa shape index (κ2) is 6.80. The number of hydrogen-bond acceptors (Lipinski definition) is 3. The number of nitrogens with zero attached hydrogens (tertiary/aromatic N) is 2.